The summed E-state index contributed by atoms with van der Waals surface area (Å²) in [7, 11) is -3.43. The van der Waals surface area contributed by atoms with Crippen LogP contribution in [0.15, 0.2) is 29.2 Å². The lowest BCUT2D eigenvalue weighted by Gasteiger charge is -2.19. The fourth-order valence-corrected chi connectivity index (χ4v) is 4.77. The van der Waals surface area contributed by atoms with Crippen molar-refractivity contribution in [1.82, 2.24) is 5.32 Å². The van der Waals surface area contributed by atoms with Gasteiger partial charge in [-0.15, -0.1) is 0 Å². The first-order valence-electron chi connectivity index (χ1n) is 9.66. The summed E-state index contributed by atoms with van der Waals surface area (Å²) in [4.78, 5) is 12.8. The second kappa shape index (κ2) is 10.1. The number of carbonyl (C=O) groups is 1. The lowest BCUT2D eigenvalue weighted by molar-refractivity contribution is -0.126. The molecular weight excluding hydrogens is 350 g/mol. The first-order chi connectivity index (χ1) is 12.5. The fourth-order valence-electron chi connectivity index (χ4n) is 3.74. The van der Waals surface area contributed by atoms with E-state index in [1.807, 2.05) is 0 Å². The number of aliphatic hydroxyl groups is 1. The quantitative estimate of drug-likeness (QED) is 0.652. The highest BCUT2D eigenvalue weighted by atomic mass is 32.2. The van der Waals surface area contributed by atoms with Crippen molar-refractivity contribution >= 4 is 15.7 Å². The van der Waals surface area contributed by atoms with E-state index in [1.165, 1.54) is 37.8 Å². The van der Waals surface area contributed by atoms with E-state index in [1.54, 1.807) is 12.1 Å². The second-order valence-electron chi connectivity index (χ2n) is 7.28. The van der Waals surface area contributed by atoms with Gasteiger partial charge in [-0.25, -0.2) is 8.42 Å². The van der Waals surface area contributed by atoms with Crippen molar-refractivity contribution in [3.63, 3.8) is 0 Å². The number of amides is 1. The Hall–Kier alpha value is -1.40. The molecule has 26 heavy (non-hydrogen) atoms. The van der Waals surface area contributed by atoms with Crippen molar-refractivity contribution in [2.45, 2.75) is 63.3 Å². The van der Waals surface area contributed by atoms with Gasteiger partial charge in [0.05, 0.1) is 17.3 Å². The van der Waals surface area contributed by atoms with Crippen LogP contribution in [0.4, 0.5) is 0 Å². The molecule has 1 atom stereocenters. The maximum absolute atomic E-state index is 12.6. The summed E-state index contributed by atoms with van der Waals surface area (Å²) in [6.07, 6.45) is 7.97. The van der Waals surface area contributed by atoms with Gasteiger partial charge >= 0.3 is 0 Å². The van der Waals surface area contributed by atoms with Crippen LogP contribution in [0.2, 0.25) is 0 Å². The van der Waals surface area contributed by atoms with Crippen molar-refractivity contribution in [2.75, 3.05) is 12.4 Å². The molecule has 2 N–H and O–H groups in total. The van der Waals surface area contributed by atoms with Crippen LogP contribution in [0, 0.1) is 11.8 Å². The molecule has 0 aromatic heterocycles. The van der Waals surface area contributed by atoms with Crippen molar-refractivity contribution in [3.8, 4) is 0 Å². The smallest absolute Gasteiger partial charge is 0.223 e. The van der Waals surface area contributed by atoms with Crippen LogP contribution < -0.4 is 5.32 Å². The number of benzene rings is 1. The minimum absolute atomic E-state index is 0.0762. The van der Waals surface area contributed by atoms with Crippen LogP contribution >= 0.6 is 0 Å². The number of hydrogen-bond donors (Lipinski definition) is 2. The maximum atomic E-state index is 12.6. The normalized spacial score (nSPS) is 16.5. The van der Waals surface area contributed by atoms with Crippen molar-refractivity contribution < 1.29 is 18.3 Å². The van der Waals surface area contributed by atoms with E-state index in [0.29, 0.717) is 12.5 Å². The average molecular weight is 382 g/mol. The van der Waals surface area contributed by atoms with E-state index >= 15 is 0 Å². The molecule has 0 spiro atoms. The van der Waals surface area contributed by atoms with Crippen LogP contribution in [-0.4, -0.2) is 31.8 Å². The molecule has 0 heterocycles. The van der Waals surface area contributed by atoms with Gasteiger partial charge in [0.25, 0.3) is 0 Å². The van der Waals surface area contributed by atoms with Crippen molar-refractivity contribution in [1.29, 1.82) is 0 Å². The van der Waals surface area contributed by atoms with Crippen LogP contribution in [0.1, 0.15) is 57.4 Å². The summed E-state index contributed by atoms with van der Waals surface area (Å²) in [5.74, 6) is 0.597. The van der Waals surface area contributed by atoms with E-state index in [-0.39, 0.29) is 29.1 Å². The zero-order valence-electron chi connectivity index (χ0n) is 15.6. The topological polar surface area (TPSA) is 83.5 Å². The molecule has 1 aromatic carbocycles. The summed E-state index contributed by atoms with van der Waals surface area (Å²) in [6.45, 7) is 2.13. The monoisotopic (exact) mass is 381 g/mol. The molecule has 6 heteroatoms. The lowest BCUT2D eigenvalue weighted by Crippen LogP contribution is -2.31. The molecular formula is C20H31NO4S. The van der Waals surface area contributed by atoms with E-state index in [0.717, 1.165) is 24.8 Å². The number of rotatable bonds is 10. The molecule has 1 aliphatic rings. The van der Waals surface area contributed by atoms with Crippen LogP contribution in [0.3, 0.4) is 0 Å². The molecule has 1 amide bonds. The molecule has 0 radical (unpaired) electrons. The van der Waals surface area contributed by atoms with Crippen molar-refractivity contribution in [3.05, 3.63) is 29.8 Å². The van der Waals surface area contributed by atoms with E-state index in [9.17, 15) is 13.2 Å². The third-order valence-corrected chi connectivity index (χ3v) is 6.92. The van der Waals surface area contributed by atoms with Crippen LogP contribution in [0.25, 0.3) is 0 Å². The van der Waals surface area contributed by atoms with Crippen molar-refractivity contribution in [2.24, 2.45) is 11.8 Å². The Labute approximate surface area is 157 Å². The van der Waals surface area contributed by atoms with Gasteiger partial charge < -0.3 is 10.4 Å². The Morgan fingerprint density at radius 2 is 1.88 bits per heavy atom. The number of hydrogen-bond acceptors (Lipinski definition) is 4. The fraction of sp³-hybridized carbons (Fsp3) is 0.650. The molecule has 1 fully saturated rings. The van der Waals surface area contributed by atoms with Crippen LogP contribution in [-0.2, 0) is 21.2 Å². The molecule has 1 aliphatic carbocycles. The molecule has 1 saturated carbocycles. The van der Waals surface area contributed by atoms with Crippen LogP contribution in [0.5, 0.6) is 0 Å². The number of nitrogens with one attached hydrogen (secondary N) is 1. The third-order valence-electron chi connectivity index (χ3n) is 5.21. The number of aliphatic hydroxyl groups excluding tert-OH is 1. The van der Waals surface area contributed by atoms with E-state index in [4.69, 9.17) is 5.11 Å². The van der Waals surface area contributed by atoms with E-state index < -0.39 is 9.84 Å². The largest absolute Gasteiger partial charge is 0.395 e. The van der Waals surface area contributed by atoms with Gasteiger partial charge in [0.15, 0.2) is 9.84 Å². The predicted octanol–water partition coefficient (Wildman–Crippen LogP) is 3.07. The van der Waals surface area contributed by atoms with Gasteiger partial charge in [-0.05, 0) is 36.5 Å². The minimum Gasteiger partial charge on any atom is -0.395 e. The predicted molar refractivity (Wildman–Crippen MR) is 102 cm³/mol. The van der Waals surface area contributed by atoms with Gasteiger partial charge in [-0.3, -0.25) is 4.79 Å². The molecule has 5 nitrogen and oxygen atoms in total. The maximum Gasteiger partial charge on any atom is 0.223 e. The number of sulfone groups is 1. The van der Waals surface area contributed by atoms with E-state index in [2.05, 4.69) is 12.2 Å². The average Bonchev–Trinajstić information content (AvgIpc) is 3.13. The van der Waals surface area contributed by atoms with Gasteiger partial charge in [-0.2, -0.15) is 0 Å². The molecule has 0 saturated heterocycles. The third kappa shape index (κ3) is 6.09. The first kappa shape index (κ1) is 20.9. The Bertz CT molecular complexity index is 664. The summed E-state index contributed by atoms with van der Waals surface area (Å²) in [5, 5.41) is 11.8. The highest BCUT2D eigenvalue weighted by molar-refractivity contribution is 7.91. The molecule has 1 aromatic rings. The summed E-state index contributed by atoms with van der Waals surface area (Å²) < 4.78 is 23.8. The van der Waals surface area contributed by atoms with Gasteiger partial charge in [0.1, 0.15) is 0 Å². The molecule has 146 valence electrons. The Kier molecular flexibility index (Phi) is 8.10. The zero-order chi connectivity index (χ0) is 19.0. The highest BCUT2D eigenvalue weighted by Crippen LogP contribution is 2.31. The summed E-state index contributed by atoms with van der Waals surface area (Å²) >= 11 is 0. The van der Waals surface area contributed by atoms with Gasteiger partial charge in [0.2, 0.25) is 5.91 Å². The highest BCUT2D eigenvalue weighted by Gasteiger charge is 2.24. The number of carbonyl (C=O) groups excluding carboxylic acids is 1. The summed E-state index contributed by atoms with van der Waals surface area (Å²) in [6, 6.07) is 6.51. The standard InChI is InChI=1S/C20H31NO4S/c1-2-5-18(14-16-6-3-4-7-16)20(23)21-15-17-8-10-19(11-9-17)26(24,25)13-12-22/h8-11,16,18,22H,2-7,12-15H2,1H3,(H,21,23)/t18-/m0/s1. The Morgan fingerprint density at radius 1 is 1.23 bits per heavy atom. The second-order valence-corrected chi connectivity index (χ2v) is 9.39. The molecule has 0 bridgehead atoms. The Balaban J connectivity index is 1.90. The molecule has 2 rings (SSSR count). The first-order valence-corrected chi connectivity index (χ1v) is 11.3. The lowest BCUT2D eigenvalue weighted by atomic mass is 9.89. The van der Waals surface area contributed by atoms with Gasteiger partial charge in [0, 0.05) is 12.5 Å². The molecule has 0 aliphatic heterocycles. The summed E-state index contributed by atoms with van der Waals surface area (Å²) in [5.41, 5.74) is 0.873. The zero-order valence-corrected chi connectivity index (χ0v) is 16.4. The Morgan fingerprint density at radius 3 is 2.46 bits per heavy atom. The SMILES string of the molecule is CCC[C@@H](CC1CCCC1)C(=O)NCc1ccc(S(=O)(=O)CCO)cc1. The molecule has 0 unspecified atom stereocenters. The minimum atomic E-state index is -3.43. The van der Waals surface area contributed by atoms with Gasteiger partial charge in [-0.1, -0.05) is 51.2 Å².